The van der Waals surface area contributed by atoms with Gasteiger partial charge in [-0.15, -0.1) is 0 Å². The molecule has 222 valence electrons. The summed E-state index contributed by atoms with van der Waals surface area (Å²) in [6.45, 7) is 3.73. The molecule has 0 heterocycles. The summed E-state index contributed by atoms with van der Waals surface area (Å²) in [4.78, 5) is 0. The Morgan fingerprint density at radius 3 is 2.29 bits per heavy atom. The van der Waals surface area contributed by atoms with Crippen LogP contribution in [0, 0.1) is 17.8 Å². The second-order valence-electron chi connectivity index (χ2n) is 11.5. The fraction of sp³-hybridized carbons (Fsp3) is 0.405. The van der Waals surface area contributed by atoms with Gasteiger partial charge < -0.3 is 0 Å². The van der Waals surface area contributed by atoms with Gasteiger partial charge in [0, 0.05) is 0 Å². The number of benzene rings is 4. The molecule has 1 fully saturated rings. The van der Waals surface area contributed by atoms with Crippen molar-refractivity contribution < 1.29 is 18.9 Å². The van der Waals surface area contributed by atoms with Crippen molar-refractivity contribution in [3.63, 3.8) is 0 Å². The van der Waals surface area contributed by atoms with Gasteiger partial charge in [-0.05, 0) is 0 Å². The Balaban J connectivity index is 1.39. The third kappa shape index (κ3) is 7.45. The number of ether oxygens (including phenoxy) is 4. The summed E-state index contributed by atoms with van der Waals surface area (Å²) >= 11 is 0.461. The molecule has 4 aromatic carbocycles. The van der Waals surface area contributed by atoms with E-state index in [1.807, 2.05) is 6.07 Å². The summed E-state index contributed by atoms with van der Waals surface area (Å²) in [5, 5.41) is 3.50. The van der Waals surface area contributed by atoms with Crippen molar-refractivity contribution in [2.75, 3.05) is 20.8 Å². The number of methoxy groups -OCH3 is 2. The second kappa shape index (κ2) is 15.2. The first kappa shape index (κ1) is 30.8. The van der Waals surface area contributed by atoms with Gasteiger partial charge in [0.15, 0.2) is 0 Å². The molecular weight excluding hydrogens is 587 g/mol. The molecule has 0 bridgehead atoms. The average molecular weight is 632 g/mol. The van der Waals surface area contributed by atoms with E-state index in [-0.39, 0.29) is 5.92 Å². The van der Waals surface area contributed by atoms with E-state index in [4.69, 9.17) is 18.9 Å². The molecule has 1 saturated carbocycles. The molecule has 0 unspecified atom stereocenters. The van der Waals surface area contributed by atoms with Gasteiger partial charge >= 0.3 is 253 Å². The van der Waals surface area contributed by atoms with Gasteiger partial charge in [-0.1, -0.05) is 6.07 Å². The van der Waals surface area contributed by atoms with E-state index in [1.54, 1.807) is 14.2 Å². The topological polar surface area (TPSA) is 36.9 Å². The van der Waals surface area contributed by atoms with Gasteiger partial charge in [0.25, 0.3) is 0 Å². The van der Waals surface area contributed by atoms with Crippen LogP contribution in [0.15, 0.2) is 103 Å². The Kier molecular flexibility index (Phi) is 11.1. The van der Waals surface area contributed by atoms with Crippen LogP contribution in [0.25, 0.3) is 10.8 Å². The van der Waals surface area contributed by atoms with E-state index in [0.29, 0.717) is 33.4 Å². The molecule has 0 radical (unpaired) electrons. The molecule has 4 nitrogen and oxygen atoms in total. The number of rotatable bonds is 14. The average Bonchev–Trinajstić information content (AvgIpc) is 3.03. The number of hydrogen-bond donors (Lipinski definition) is 0. The minimum atomic E-state index is -0.608. The van der Waals surface area contributed by atoms with Crippen molar-refractivity contribution in [3.8, 4) is 5.75 Å². The minimum absolute atomic E-state index is 0.259. The van der Waals surface area contributed by atoms with Crippen molar-refractivity contribution in [1.82, 2.24) is 0 Å². The summed E-state index contributed by atoms with van der Waals surface area (Å²) in [7, 11) is 3.50. The van der Waals surface area contributed by atoms with E-state index in [0.717, 1.165) is 43.4 Å². The van der Waals surface area contributed by atoms with Crippen molar-refractivity contribution in [2.45, 2.75) is 56.4 Å². The summed E-state index contributed by atoms with van der Waals surface area (Å²) in [6.07, 6.45) is 3.59. The Labute approximate surface area is 257 Å². The summed E-state index contributed by atoms with van der Waals surface area (Å²) in [5.41, 5.74) is 0.607. The van der Waals surface area contributed by atoms with Crippen molar-refractivity contribution in [3.05, 3.63) is 109 Å². The molecule has 1 aliphatic rings. The predicted molar refractivity (Wildman–Crippen MR) is 172 cm³/mol. The fourth-order valence-electron chi connectivity index (χ4n) is 6.61. The van der Waals surface area contributed by atoms with Gasteiger partial charge in [0.1, 0.15) is 0 Å². The molecule has 4 atom stereocenters. The zero-order valence-electron chi connectivity index (χ0n) is 25.1. The van der Waals surface area contributed by atoms with Gasteiger partial charge in [-0.2, -0.15) is 0 Å². The van der Waals surface area contributed by atoms with Crippen LogP contribution >= 0.6 is 0 Å². The van der Waals surface area contributed by atoms with Crippen LogP contribution in [0.5, 0.6) is 5.75 Å². The van der Waals surface area contributed by atoms with Gasteiger partial charge in [-0.25, -0.2) is 0 Å². The molecule has 5 rings (SSSR count). The molecule has 4 aromatic rings. The molecule has 0 aromatic heterocycles. The quantitative estimate of drug-likeness (QED) is 0.0813. The van der Waals surface area contributed by atoms with Crippen LogP contribution in [-0.2, 0) is 20.8 Å². The molecule has 0 saturated heterocycles. The van der Waals surface area contributed by atoms with Crippen LogP contribution in [0.3, 0.4) is 0 Å². The SMILES string of the molecule is COC(OC)[C@]1(Oc2cccc3ccccc23)C[C@H](C)[C@@H](COCc2ccccc2)C[C@@H]1CCC[Se]c1ccccc1. The van der Waals surface area contributed by atoms with E-state index in [9.17, 15) is 0 Å². The first-order valence-electron chi connectivity index (χ1n) is 15.1. The zero-order valence-corrected chi connectivity index (χ0v) is 26.8. The van der Waals surface area contributed by atoms with Crippen LogP contribution in [0.1, 0.15) is 38.2 Å². The Morgan fingerprint density at radius 2 is 1.52 bits per heavy atom. The predicted octanol–water partition coefficient (Wildman–Crippen LogP) is 7.68. The molecular formula is C37H44O4Se. The molecule has 0 N–H and O–H groups in total. The fourth-order valence-corrected chi connectivity index (χ4v) is 8.49. The Bertz CT molecular complexity index is 1350. The Hall–Kier alpha value is -2.66. The van der Waals surface area contributed by atoms with E-state index in [2.05, 4.69) is 104 Å². The molecule has 0 amide bonds. The third-order valence-electron chi connectivity index (χ3n) is 8.75. The van der Waals surface area contributed by atoms with Crippen LogP contribution < -0.4 is 9.20 Å². The maximum absolute atomic E-state index is 7.23. The van der Waals surface area contributed by atoms with Crippen LogP contribution in [0.4, 0.5) is 0 Å². The zero-order chi connectivity index (χ0) is 29.2. The first-order valence-corrected chi connectivity index (χ1v) is 17.2. The number of hydrogen-bond acceptors (Lipinski definition) is 4. The van der Waals surface area contributed by atoms with Crippen molar-refractivity contribution >= 4 is 30.2 Å². The Morgan fingerprint density at radius 1 is 0.833 bits per heavy atom. The first-order chi connectivity index (χ1) is 20.6. The molecule has 0 spiro atoms. The van der Waals surface area contributed by atoms with Gasteiger partial charge in [0.05, 0.1) is 0 Å². The van der Waals surface area contributed by atoms with E-state index >= 15 is 0 Å². The van der Waals surface area contributed by atoms with Crippen LogP contribution in [0.2, 0.25) is 5.32 Å². The third-order valence-corrected chi connectivity index (χ3v) is 11.1. The molecule has 42 heavy (non-hydrogen) atoms. The number of fused-ring (bicyclic) bond motifs is 1. The van der Waals surface area contributed by atoms with Crippen LogP contribution in [-0.4, -0.2) is 47.7 Å². The van der Waals surface area contributed by atoms with Gasteiger partial charge in [-0.3, -0.25) is 0 Å². The standard InChI is InChI=1S/C37H44O4Se/c1-28-25-37(36(38-2)39-3,41-35-22-12-17-30-16-10-11-21-34(30)35)32(18-13-23-42-33-19-8-5-9-20-33)24-31(28)27-40-26-29-14-6-4-7-15-29/h4-12,14-17,19-22,28,31-32,36H,13,18,23-27H2,1-3H3/t28-,31+,32-,37-/m0/s1. The van der Waals surface area contributed by atoms with E-state index < -0.39 is 11.9 Å². The molecule has 5 heteroatoms. The monoisotopic (exact) mass is 632 g/mol. The van der Waals surface area contributed by atoms with E-state index in [1.165, 1.54) is 20.7 Å². The summed E-state index contributed by atoms with van der Waals surface area (Å²) in [5.74, 6) is 1.98. The van der Waals surface area contributed by atoms with Crippen molar-refractivity contribution in [1.29, 1.82) is 0 Å². The second-order valence-corrected chi connectivity index (χ2v) is 14.0. The molecule has 1 aliphatic carbocycles. The van der Waals surface area contributed by atoms with Crippen molar-refractivity contribution in [2.24, 2.45) is 17.8 Å². The maximum atomic E-state index is 7.23. The summed E-state index contributed by atoms with van der Waals surface area (Å²) in [6, 6.07) is 36.1. The van der Waals surface area contributed by atoms with Gasteiger partial charge in [0.2, 0.25) is 0 Å². The molecule has 0 aliphatic heterocycles. The normalized spacial score (nSPS) is 22.4. The summed E-state index contributed by atoms with van der Waals surface area (Å²) < 4.78 is 27.2.